The van der Waals surface area contributed by atoms with Gasteiger partial charge in [0.2, 0.25) is 5.78 Å². The van der Waals surface area contributed by atoms with Crippen LogP contribution in [0.25, 0.3) is 0 Å². The van der Waals surface area contributed by atoms with Gasteiger partial charge in [0.05, 0.1) is 33.1 Å². The average molecular weight is 330 g/mol. The molecule has 0 unspecified atom stereocenters. The third-order valence-electron chi connectivity index (χ3n) is 3.57. The van der Waals surface area contributed by atoms with Crippen molar-refractivity contribution in [2.75, 3.05) is 0 Å². The number of nitrogens with zero attached hydrogens (tertiary/aromatic N) is 2. The van der Waals surface area contributed by atoms with E-state index in [0.717, 1.165) is 12.1 Å². The molecule has 24 heavy (non-hydrogen) atoms. The van der Waals surface area contributed by atoms with Crippen molar-refractivity contribution in [2.24, 2.45) is 0 Å². The molecule has 0 saturated carbocycles. The minimum Gasteiger partial charge on any atom is -0.507 e. The van der Waals surface area contributed by atoms with Crippen molar-refractivity contribution in [3.63, 3.8) is 0 Å². The SMILES string of the molecule is O=C1c2cc([N+](=O)[O-])cc(O)c2C(=O)c2c(O)cc([N+](=O)[O-])cc21. The maximum atomic E-state index is 12.5. The van der Waals surface area contributed by atoms with Crippen molar-refractivity contribution in [3.05, 3.63) is 66.7 Å². The lowest BCUT2D eigenvalue weighted by atomic mass is 9.82. The Morgan fingerprint density at radius 2 is 1.08 bits per heavy atom. The summed E-state index contributed by atoms with van der Waals surface area (Å²) in [4.78, 5) is 44.9. The molecule has 0 aliphatic heterocycles. The number of nitro benzene ring substituents is 2. The zero-order valence-electron chi connectivity index (χ0n) is 11.5. The predicted molar refractivity (Wildman–Crippen MR) is 76.4 cm³/mol. The van der Waals surface area contributed by atoms with Crippen molar-refractivity contribution >= 4 is 22.9 Å². The maximum Gasteiger partial charge on any atom is 0.273 e. The van der Waals surface area contributed by atoms with Crippen molar-refractivity contribution in [1.29, 1.82) is 0 Å². The Hall–Kier alpha value is -3.82. The highest BCUT2D eigenvalue weighted by Gasteiger charge is 2.37. The van der Waals surface area contributed by atoms with Gasteiger partial charge >= 0.3 is 0 Å². The summed E-state index contributed by atoms with van der Waals surface area (Å²) in [5, 5.41) is 41.4. The van der Waals surface area contributed by atoms with Gasteiger partial charge in [-0.3, -0.25) is 29.8 Å². The van der Waals surface area contributed by atoms with Crippen molar-refractivity contribution in [3.8, 4) is 11.5 Å². The molecule has 0 saturated heterocycles. The van der Waals surface area contributed by atoms with Gasteiger partial charge in [-0.05, 0) is 0 Å². The maximum absolute atomic E-state index is 12.5. The van der Waals surface area contributed by atoms with E-state index in [-0.39, 0.29) is 0 Å². The normalized spacial score (nSPS) is 12.5. The highest BCUT2D eigenvalue weighted by molar-refractivity contribution is 6.30. The van der Waals surface area contributed by atoms with Crippen LogP contribution >= 0.6 is 0 Å². The minimum absolute atomic E-state index is 0.459. The highest BCUT2D eigenvalue weighted by atomic mass is 16.6. The Bertz CT molecular complexity index is 904. The van der Waals surface area contributed by atoms with E-state index in [9.17, 15) is 40.0 Å². The molecule has 3 rings (SSSR count). The summed E-state index contributed by atoms with van der Waals surface area (Å²) < 4.78 is 0. The Kier molecular flexibility index (Phi) is 3.04. The molecule has 0 spiro atoms. The summed E-state index contributed by atoms with van der Waals surface area (Å²) in [6, 6.07) is 3.01. The van der Waals surface area contributed by atoms with E-state index < -0.39 is 66.5 Å². The van der Waals surface area contributed by atoms with E-state index in [4.69, 9.17) is 0 Å². The Balaban J connectivity index is 2.34. The summed E-state index contributed by atoms with van der Waals surface area (Å²) in [5.74, 6) is -3.49. The third kappa shape index (κ3) is 1.97. The van der Waals surface area contributed by atoms with Gasteiger partial charge in [0, 0.05) is 23.3 Å². The summed E-state index contributed by atoms with van der Waals surface area (Å²) >= 11 is 0. The van der Waals surface area contributed by atoms with Crippen LogP contribution in [0.2, 0.25) is 0 Å². The highest BCUT2D eigenvalue weighted by Crippen LogP contribution is 2.40. The topological polar surface area (TPSA) is 161 Å². The summed E-state index contributed by atoms with van der Waals surface area (Å²) in [6.45, 7) is 0. The molecule has 10 heteroatoms. The first-order chi connectivity index (χ1) is 11.2. The fraction of sp³-hybridized carbons (Fsp3) is 0. The van der Waals surface area contributed by atoms with Gasteiger partial charge in [0.15, 0.2) is 5.78 Å². The number of hydrogen-bond donors (Lipinski definition) is 2. The lowest BCUT2D eigenvalue weighted by molar-refractivity contribution is -0.385. The van der Waals surface area contributed by atoms with E-state index in [0.29, 0.717) is 12.1 Å². The molecule has 1 aliphatic carbocycles. The second kappa shape index (κ2) is 4.84. The van der Waals surface area contributed by atoms with Gasteiger partial charge < -0.3 is 10.2 Å². The molecule has 0 atom stereocenters. The Labute approximate surface area is 131 Å². The van der Waals surface area contributed by atoms with Crippen LogP contribution in [0.4, 0.5) is 11.4 Å². The molecule has 1 aliphatic rings. The van der Waals surface area contributed by atoms with E-state index >= 15 is 0 Å². The number of phenols is 2. The van der Waals surface area contributed by atoms with Crippen LogP contribution in [0.3, 0.4) is 0 Å². The van der Waals surface area contributed by atoms with Gasteiger partial charge in [0.1, 0.15) is 11.5 Å². The van der Waals surface area contributed by atoms with Crippen LogP contribution in [0.15, 0.2) is 24.3 Å². The van der Waals surface area contributed by atoms with Crippen LogP contribution in [0, 0.1) is 20.2 Å². The standard InChI is InChI=1S/C14H6N2O8/c17-9-3-5(15(21)22)1-7-11(9)14(20)12-8(13(7)19)2-6(16(23)24)4-10(12)18/h1-4,17-18H. The van der Waals surface area contributed by atoms with Gasteiger partial charge in [-0.2, -0.15) is 0 Å². The predicted octanol–water partition coefficient (Wildman–Crippen LogP) is 1.69. The number of carbonyl (C=O) groups excluding carboxylic acids is 2. The number of hydrogen-bond acceptors (Lipinski definition) is 8. The smallest absolute Gasteiger partial charge is 0.273 e. The van der Waals surface area contributed by atoms with Gasteiger partial charge in [0.25, 0.3) is 11.4 Å². The zero-order chi connectivity index (χ0) is 17.8. The fourth-order valence-corrected chi connectivity index (χ4v) is 2.54. The zero-order valence-corrected chi connectivity index (χ0v) is 11.5. The van der Waals surface area contributed by atoms with Crippen molar-refractivity contribution in [1.82, 2.24) is 0 Å². The van der Waals surface area contributed by atoms with Crippen LogP contribution < -0.4 is 0 Å². The first kappa shape index (κ1) is 15.1. The Morgan fingerprint density at radius 3 is 1.42 bits per heavy atom. The number of ketones is 2. The monoisotopic (exact) mass is 330 g/mol. The first-order valence-corrected chi connectivity index (χ1v) is 6.34. The number of fused-ring (bicyclic) bond motifs is 2. The molecule has 0 amide bonds. The number of non-ortho nitro benzene ring substituents is 2. The molecule has 2 aromatic rings. The summed E-state index contributed by atoms with van der Waals surface area (Å²) in [6.07, 6.45) is 0. The molecule has 0 radical (unpaired) electrons. The van der Waals surface area contributed by atoms with Crippen LogP contribution in [-0.4, -0.2) is 31.6 Å². The van der Waals surface area contributed by atoms with Gasteiger partial charge in [-0.25, -0.2) is 0 Å². The number of benzene rings is 2. The average Bonchev–Trinajstić information content (AvgIpc) is 2.50. The molecular weight excluding hydrogens is 324 g/mol. The second-order valence-corrected chi connectivity index (χ2v) is 4.95. The molecule has 2 aromatic carbocycles. The summed E-state index contributed by atoms with van der Waals surface area (Å²) in [5.41, 5.74) is -3.15. The lowest BCUT2D eigenvalue weighted by Gasteiger charge is -2.18. The van der Waals surface area contributed by atoms with E-state index in [1.165, 1.54) is 0 Å². The molecule has 0 heterocycles. The number of carbonyl (C=O) groups is 2. The van der Waals surface area contributed by atoms with Crippen LogP contribution in [0.5, 0.6) is 11.5 Å². The van der Waals surface area contributed by atoms with Crippen molar-refractivity contribution < 1.29 is 29.6 Å². The number of aromatic hydroxyl groups is 2. The quantitative estimate of drug-likeness (QED) is 0.530. The number of rotatable bonds is 2. The van der Waals surface area contributed by atoms with E-state index in [2.05, 4.69) is 0 Å². The van der Waals surface area contributed by atoms with Crippen molar-refractivity contribution in [2.45, 2.75) is 0 Å². The minimum atomic E-state index is -0.959. The molecule has 120 valence electrons. The van der Waals surface area contributed by atoms with Crippen LogP contribution in [-0.2, 0) is 0 Å². The molecule has 0 aromatic heterocycles. The number of phenolic OH excluding ortho intramolecular Hbond substituents is 2. The van der Waals surface area contributed by atoms with Gasteiger partial charge in [-0.15, -0.1) is 0 Å². The summed E-state index contributed by atoms with van der Waals surface area (Å²) in [7, 11) is 0. The lowest BCUT2D eigenvalue weighted by Crippen LogP contribution is -2.21. The second-order valence-electron chi connectivity index (χ2n) is 4.95. The fourth-order valence-electron chi connectivity index (χ4n) is 2.54. The molecular formula is C14H6N2O8. The Morgan fingerprint density at radius 1 is 0.708 bits per heavy atom. The number of nitro groups is 2. The molecule has 0 bridgehead atoms. The van der Waals surface area contributed by atoms with Crippen LogP contribution in [0.1, 0.15) is 31.8 Å². The molecule has 10 nitrogen and oxygen atoms in total. The molecule has 2 N–H and O–H groups in total. The van der Waals surface area contributed by atoms with Gasteiger partial charge in [-0.1, -0.05) is 0 Å². The van der Waals surface area contributed by atoms with E-state index in [1.54, 1.807) is 0 Å². The third-order valence-corrected chi connectivity index (χ3v) is 3.57. The molecule has 0 fully saturated rings. The first-order valence-electron chi connectivity index (χ1n) is 6.34. The largest absolute Gasteiger partial charge is 0.507 e. The van der Waals surface area contributed by atoms with E-state index in [1.807, 2.05) is 0 Å².